The van der Waals surface area contributed by atoms with Gasteiger partial charge in [-0.3, -0.25) is 0 Å². The quantitative estimate of drug-likeness (QED) is 0.475. The van der Waals surface area contributed by atoms with Gasteiger partial charge in [0.05, 0.1) is 11.1 Å². The van der Waals surface area contributed by atoms with E-state index < -0.39 is 23.4 Å². The Hall–Kier alpha value is -1.91. The van der Waals surface area contributed by atoms with Crippen molar-refractivity contribution in [1.82, 2.24) is 0 Å². The zero-order valence-electron chi connectivity index (χ0n) is 15.3. The van der Waals surface area contributed by atoms with Crippen molar-refractivity contribution in [3.63, 3.8) is 0 Å². The van der Waals surface area contributed by atoms with Gasteiger partial charge < -0.3 is 0 Å². The molecule has 0 radical (unpaired) electrons. The molecule has 0 aliphatic heterocycles. The molecule has 0 N–H and O–H groups in total. The summed E-state index contributed by atoms with van der Waals surface area (Å²) in [4.78, 5) is 0. The van der Waals surface area contributed by atoms with Gasteiger partial charge in [-0.2, -0.15) is 13.2 Å². The standard InChI is InChI=1S/C22H23F5/c1-2-3-14-4-6-15(7-5-14)17-12-19(23)21(20(24)13-17)16-8-10-18(11-9-16)22(25,26)27/h8-15H,2-7H2,1H3. The maximum atomic E-state index is 14.6. The fourth-order valence-corrected chi connectivity index (χ4v) is 4.12. The highest BCUT2D eigenvalue weighted by atomic mass is 19.4. The van der Waals surface area contributed by atoms with E-state index in [4.69, 9.17) is 0 Å². The zero-order chi connectivity index (χ0) is 19.6. The van der Waals surface area contributed by atoms with Crippen molar-refractivity contribution in [3.05, 3.63) is 59.2 Å². The summed E-state index contributed by atoms with van der Waals surface area (Å²) < 4.78 is 67.2. The Balaban J connectivity index is 1.81. The van der Waals surface area contributed by atoms with E-state index in [1.165, 1.54) is 18.6 Å². The summed E-state index contributed by atoms with van der Waals surface area (Å²) in [5, 5.41) is 0. The minimum Gasteiger partial charge on any atom is -0.206 e. The van der Waals surface area contributed by atoms with Crippen LogP contribution in [0.4, 0.5) is 22.0 Å². The molecule has 3 rings (SSSR count). The molecule has 1 aliphatic carbocycles. The molecule has 0 bridgehead atoms. The molecule has 5 heteroatoms. The lowest BCUT2D eigenvalue weighted by molar-refractivity contribution is -0.137. The van der Waals surface area contributed by atoms with Gasteiger partial charge >= 0.3 is 6.18 Å². The first-order valence-electron chi connectivity index (χ1n) is 9.46. The van der Waals surface area contributed by atoms with Crippen LogP contribution in [-0.4, -0.2) is 0 Å². The van der Waals surface area contributed by atoms with Crippen molar-refractivity contribution in [2.45, 2.75) is 57.5 Å². The van der Waals surface area contributed by atoms with Gasteiger partial charge in [0.15, 0.2) is 0 Å². The molecule has 0 nitrogen and oxygen atoms in total. The van der Waals surface area contributed by atoms with Gasteiger partial charge in [-0.15, -0.1) is 0 Å². The second-order valence-electron chi connectivity index (χ2n) is 7.44. The highest BCUT2D eigenvalue weighted by molar-refractivity contribution is 5.66. The van der Waals surface area contributed by atoms with Gasteiger partial charge in [-0.05, 0) is 72.9 Å². The molecule has 1 aliphatic rings. The SMILES string of the molecule is CCCC1CCC(c2cc(F)c(-c3ccc(C(F)(F)F)cc3)c(F)c2)CC1. The van der Waals surface area contributed by atoms with Crippen molar-refractivity contribution < 1.29 is 22.0 Å². The first kappa shape index (κ1) is 19.8. The minimum atomic E-state index is -4.48. The van der Waals surface area contributed by atoms with Gasteiger partial charge in [0.25, 0.3) is 0 Å². The van der Waals surface area contributed by atoms with E-state index in [-0.39, 0.29) is 17.0 Å². The lowest BCUT2D eigenvalue weighted by Crippen LogP contribution is -2.13. The van der Waals surface area contributed by atoms with Crippen LogP contribution in [-0.2, 0) is 6.18 Å². The summed E-state index contributed by atoms with van der Waals surface area (Å²) >= 11 is 0. The second kappa shape index (κ2) is 7.99. The Morgan fingerprint density at radius 1 is 0.889 bits per heavy atom. The smallest absolute Gasteiger partial charge is 0.206 e. The monoisotopic (exact) mass is 382 g/mol. The summed E-state index contributed by atoms with van der Waals surface area (Å²) in [6.07, 6.45) is 1.86. The third kappa shape index (κ3) is 4.50. The van der Waals surface area contributed by atoms with E-state index in [0.717, 1.165) is 56.4 Å². The van der Waals surface area contributed by atoms with Crippen molar-refractivity contribution in [2.24, 2.45) is 5.92 Å². The molecule has 0 spiro atoms. The fourth-order valence-electron chi connectivity index (χ4n) is 4.12. The van der Waals surface area contributed by atoms with Crippen LogP contribution in [0.5, 0.6) is 0 Å². The molecule has 1 fully saturated rings. The van der Waals surface area contributed by atoms with Crippen LogP contribution in [0.1, 0.15) is 62.5 Å². The fraction of sp³-hybridized carbons (Fsp3) is 0.455. The van der Waals surface area contributed by atoms with Crippen LogP contribution < -0.4 is 0 Å². The molecule has 0 heterocycles. The molecule has 0 amide bonds. The zero-order valence-corrected chi connectivity index (χ0v) is 15.3. The molecule has 0 atom stereocenters. The largest absolute Gasteiger partial charge is 0.416 e. The van der Waals surface area contributed by atoms with E-state index in [1.54, 1.807) is 0 Å². The number of hydrogen-bond donors (Lipinski definition) is 0. The van der Waals surface area contributed by atoms with Gasteiger partial charge in [0.1, 0.15) is 11.6 Å². The molecule has 2 aromatic rings. The van der Waals surface area contributed by atoms with Gasteiger partial charge in [0, 0.05) is 0 Å². The predicted octanol–water partition coefficient (Wildman–Crippen LogP) is 7.72. The van der Waals surface area contributed by atoms with Crippen LogP contribution in [0, 0.1) is 17.6 Å². The maximum Gasteiger partial charge on any atom is 0.416 e. The first-order valence-corrected chi connectivity index (χ1v) is 9.46. The molecule has 0 unspecified atom stereocenters. The second-order valence-corrected chi connectivity index (χ2v) is 7.44. The van der Waals surface area contributed by atoms with E-state index in [9.17, 15) is 22.0 Å². The van der Waals surface area contributed by atoms with Crippen LogP contribution in [0.3, 0.4) is 0 Å². The maximum absolute atomic E-state index is 14.6. The summed E-state index contributed by atoms with van der Waals surface area (Å²) in [7, 11) is 0. The number of benzene rings is 2. The number of rotatable bonds is 4. The number of halogens is 5. The Morgan fingerprint density at radius 2 is 1.44 bits per heavy atom. The van der Waals surface area contributed by atoms with Gasteiger partial charge in [-0.25, -0.2) is 8.78 Å². The average Bonchev–Trinajstić information content (AvgIpc) is 2.62. The molecular formula is C22H23F5. The Morgan fingerprint density at radius 3 is 1.93 bits per heavy atom. The van der Waals surface area contributed by atoms with Gasteiger partial charge in [0.2, 0.25) is 0 Å². The molecule has 1 saturated carbocycles. The van der Waals surface area contributed by atoms with Crippen molar-refractivity contribution in [3.8, 4) is 11.1 Å². The topological polar surface area (TPSA) is 0 Å². The van der Waals surface area contributed by atoms with E-state index in [0.29, 0.717) is 11.5 Å². The Kier molecular flexibility index (Phi) is 5.87. The third-order valence-electron chi connectivity index (χ3n) is 5.58. The summed E-state index contributed by atoms with van der Waals surface area (Å²) in [6, 6.07) is 6.61. The molecule has 146 valence electrons. The van der Waals surface area contributed by atoms with Crippen molar-refractivity contribution in [2.75, 3.05) is 0 Å². The molecule has 0 saturated heterocycles. The lowest BCUT2D eigenvalue weighted by atomic mass is 9.77. The summed E-state index contributed by atoms with van der Waals surface area (Å²) in [6.45, 7) is 2.16. The molecule has 0 aromatic heterocycles. The molecule has 2 aromatic carbocycles. The Bertz CT molecular complexity index is 745. The van der Waals surface area contributed by atoms with E-state index in [1.807, 2.05) is 0 Å². The van der Waals surface area contributed by atoms with Gasteiger partial charge in [-0.1, -0.05) is 31.9 Å². The van der Waals surface area contributed by atoms with Crippen LogP contribution in [0.15, 0.2) is 36.4 Å². The average molecular weight is 382 g/mol. The molecular weight excluding hydrogens is 359 g/mol. The Labute approximate surface area is 156 Å². The van der Waals surface area contributed by atoms with Crippen LogP contribution in [0.25, 0.3) is 11.1 Å². The third-order valence-corrected chi connectivity index (χ3v) is 5.58. The number of alkyl halides is 3. The number of hydrogen-bond acceptors (Lipinski definition) is 0. The van der Waals surface area contributed by atoms with E-state index >= 15 is 0 Å². The highest BCUT2D eigenvalue weighted by Gasteiger charge is 2.30. The van der Waals surface area contributed by atoms with Crippen molar-refractivity contribution in [1.29, 1.82) is 0 Å². The summed E-state index contributed by atoms with van der Waals surface area (Å²) in [5.41, 5.74) is -0.355. The summed E-state index contributed by atoms with van der Waals surface area (Å²) in [5.74, 6) is -0.600. The normalized spacial score (nSPS) is 20.7. The van der Waals surface area contributed by atoms with Crippen LogP contribution in [0.2, 0.25) is 0 Å². The molecule has 27 heavy (non-hydrogen) atoms. The van der Waals surface area contributed by atoms with E-state index in [2.05, 4.69) is 6.92 Å². The van der Waals surface area contributed by atoms with Crippen molar-refractivity contribution >= 4 is 0 Å². The van der Waals surface area contributed by atoms with Crippen LogP contribution >= 0.6 is 0 Å². The predicted molar refractivity (Wildman–Crippen MR) is 96.4 cm³/mol. The minimum absolute atomic E-state index is 0.108. The lowest BCUT2D eigenvalue weighted by Gasteiger charge is -2.29. The first-order chi connectivity index (χ1) is 12.8. The highest BCUT2D eigenvalue weighted by Crippen LogP contribution is 2.39.